The van der Waals surface area contributed by atoms with Crippen LogP contribution < -0.4 is 5.56 Å². The number of aromatic nitrogens is 2. The van der Waals surface area contributed by atoms with Gasteiger partial charge >= 0.3 is 0 Å². The molecule has 6 nitrogen and oxygen atoms in total. The molecule has 1 aromatic heterocycles. The molecule has 0 saturated heterocycles. The predicted octanol–water partition coefficient (Wildman–Crippen LogP) is 4.01. The molecular weight excluding hydrogens is 408 g/mol. The molecule has 1 aliphatic rings. The lowest BCUT2D eigenvalue weighted by Crippen LogP contribution is -2.50. The van der Waals surface area contributed by atoms with Crippen LogP contribution in [0.15, 0.2) is 40.8 Å². The van der Waals surface area contributed by atoms with Crippen molar-refractivity contribution in [2.45, 2.75) is 49.3 Å². The number of hydrogen-bond donors (Lipinski definition) is 0. The normalized spacial score (nSPS) is 15.6. The van der Waals surface area contributed by atoms with Gasteiger partial charge in [-0.1, -0.05) is 48.7 Å². The van der Waals surface area contributed by atoms with Crippen LogP contribution in [0.2, 0.25) is 5.02 Å². The summed E-state index contributed by atoms with van der Waals surface area (Å²) in [6, 6.07) is 7.31. The van der Waals surface area contributed by atoms with Crippen LogP contribution >= 0.6 is 23.4 Å². The maximum absolute atomic E-state index is 12.9. The van der Waals surface area contributed by atoms with Gasteiger partial charge in [-0.3, -0.25) is 14.2 Å². The molecule has 1 amide bonds. The van der Waals surface area contributed by atoms with E-state index in [1.165, 1.54) is 16.3 Å². The van der Waals surface area contributed by atoms with Gasteiger partial charge in [0.25, 0.3) is 5.56 Å². The number of allylic oxidation sites excluding steroid dienone is 1. The molecule has 0 N–H and O–H groups in total. The molecule has 0 aliphatic heterocycles. The highest BCUT2D eigenvalue weighted by atomic mass is 35.5. The Balaban J connectivity index is 1.86. The Bertz CT molecular complexity index is 1040. The van der Waals surface area contributed by atoms with Crippen LogP contribution in [-0.2, 0) is 11.3 Å². The van der Waals surface area contributed by atoms with Gasteiger partial charge in [-0.15, -0.1) is 6.58 Å². The number of amides is 1. The summed E-state index contributed by atoms with van der Waals surface area (Å²) in [5, 5.41) is 11.1. The fourth-order valence-electron chi connectivity index (χ4n) is 3.69. The molecular formula is C21H23ClN4O2S. The molecule has 1 heterocycles. The van der Waals surface area contributed by atoms with Crippen molar-refractivity contribution in [1.82, 2.24) is 14.5 Å². The minimum absolute atomic E-state index is 0.0928. The molecule has 2 aromatic rings. The van der Waals surface area contributed by atoms with E-state index >= 15 is 0 Å². The predicted molar refractivity (Wildman–Crippen MR) is 116 cm³/mol. The van der Waals surface area contributed by atoms with Gasteiger partial charge in [0.05, 0.1) is 22.7 Å². The molecule has 1 saturated carbocycles. The summed E-state index contributed by atoms with van der Waals surface area (Å²) < 4.78 is 1.50. The Morgan fingerprint density at radius 3 is 2.83 bits per heavy atom. The SMILES string of the molecule is C=CCn1c(SCC(=O)N(C)C2(C#N)CCCCC2)nc2cc(Cl)ccc2c1=O. The topological polar surface area (TPSA) is 79.0 Å². The van der Waals surface area contributed by atoms with Crippen molar-refractivity contribution < 1.29 is 4.79 Å². The smallest absolute Gasteiger partial charge is 0.262 e. The lowest BCUT2D eigenvalue weighted by molar-refractivity contribution is -0.131. The Kier molecular flexibility index (Phi) is 6.66. The summed E-state index contributed by atoms with van der Waals surface area (Å²) in [6.45, 7) is 4.00. The molecule has 0 radical (unpaired) electrons. The van der Waals surface area contributed by atoms with Crippen LogP contribution in [0.5, 0.6) is 0 Å². The number of hydrogen-bond acceptors (Lipinski definition) is 5. The molecule has 1 aromatic carbocycles. The average molecular weight is 431 g/mol. The lowest BCUT2D eigenvalue weighted by atomic mass is 9.81. The van der Waals surface area contributed by atoms with Crippen molar-refractivity contribution in [2.24, 2.45) is 0 Å². The van der Waals surface area contributed by atoms with E-state index in [0.29, 0.717) is 40.5 Å². The number of fused-ring (bicyclic) bond motifs is 1. The summed E-state index contributed by atoms with van der Waals surface area (Å²) in [6.07, 6.45) is 6.01. The molecule has 0 spiro atoms. The van der Waals surface area contributed by atoms with E-state index < -0.39 is 5.54 Å². The van der Waals surface area contributed by atoms with Gasteiger partial charge in [0.1, 0.15) is 5.54 Å². The van der Waals surface area contributed by atoms with Crippen molar-refractivity contribution in [3.63, 3.8) is 0 Å². The minimum Gasteiger partial charge on any atom is -0.326 e. The quantitative estimate of drug-likeness (QED) is 0.393. The van der Waals surface area contributed by atoms with Crippen LogP contribution in [0.3, 0.4) is 0 Å². The fourth-order valence-corrected chi connectivity index (χ4v) is 4.78. The molecule has 3 rings (SSSR count). The molecule has 8 heteroatoms. The lowest BCUT2D eigenvalue weighted by Gasteiger charge is -2.39. The van der Waals surface area contributed by atoms with Gasteiger partial charge in [0, 0.05) is 18.6 Å². The Hall–Kier alpha value is -2.30. The van der Waals surface area contributed by atoms with Crippen LogP contribution in [0.1, 0.15) is 32.1 Å². The molecule has 152 valence electrons. The Morgan fingerprint density at radius 1 is 1.45 bits per heavy atom. The third kappa shape index (κ3) is 4.34. The van der Waals surface area contributed by atoms with Gasteiger partial charge in [0.15, 0.2) is 5.16 Å². The number of carbonyl (C=O) groups is 1. The van der Waals surface area contributed by atoms with Crippen LogP contribution in [0.4, 0.5) is 0 Å². The first kappa shape index (κ1) is 21.4. The third-order valence-electron chi connectivity index (χ3n) is 5.42. The van der Waals surface area contributed by atoms with E-state index in [9.17, 15) is 14.9 Å². The first-order chi connectivity index (χ1) is 13.9. The van der Waals surface area contributed by atoms with Gasteiger partial charge < -0.3 is 4.90 Å². The summed E-state index contributed by atoms with van der Waals surface area (Å²) in [5.74, 6) is -0.0562. The largest absolute Gasteiger partial charge is 0.326 e. The highest BCUT2D eigenvalue weighted by Gasteiger charge is 2.38. The summed E-state index contributed by atoms with van der Waals surface area (Å²) in [5.41, 5.74) is -0.441. The highest BCUT2D eigenvalue weighted by Crippen LogP contribution is 2.33. The van der Waals surface area contributed by atoms with Crippen molar-refractivity contribution in [3.05, 3.63) is 46.2 Å². The van der Waals surface area contributed by atoms with Gasteiger partial charge in [-0.05, 0) is 31.0 Å². The van der Waals surface area contributed by atoms with Crippen molar-refractivity contribution in [3.8, 4) is 6.07 Å². The van der Waals surface area contributed by atoms with E-state index in [1.807, 2.05) is 0 Å². The number of halogens is 1. The van der Waals surface area contributed by atoms with Crippen molar-refractivity contribution in [1.29, 1.82) is 5.26 Å². The monoisotopic (exact) mass is 430 g/mol. The number of carbonyl (C=O) groups excluding carboxylic acids is 1. The third-order valence-corrected chi connectivity index (χ3v) is 6.62. The number of thioether (sulfide) groups is 1. The number of nitrogens with zero attached hydrogens (tertiary/aromatic N) is 4. The second kappa shape index (κ2) is 9.02. The molecule has 0 unspecified atom stereocenters. The maximum atomic E-state index is 12.9. The molecule has 0 bridgehead atoms. The fraction of sp³-hybridized carbons (Fsp3) is 0.429. The van der Waals surface area contributed by atoms with Gasteiger partial charge in [-0.2, -0.15) is 5.26 Å². The Morgan fingerprint density at radius 2 is 2.17 bits per heavy atom. The average Bonchev–Trinajstić information content (AvgIpc) is 2.74. The first-order valence-corrected chi connectivity index (χ1v) is 10.9. The van der Waals surface area contributed by atoms with Crippen LogP contribution in [-0.4, -0.2) is 38.7 Å². The van der Waals surface area contributed by atoms with E-state index in [1.54, 1.807) is 36.2 Å². The van der Waals surface area contributed by atoms with E-state index in [2.05, 4.69) is 17.6 Å². The first-order valence-electron chi connectivity index (χ1n) is 9.53. The van der Waals surface area contributed by atoms with Gasteiger partial charge in [0.2, 0.25) is 5.91 Å². The molecule has 1 fully saturated rings. The van der Waals surface area contributed by atoms with Crippen LogP contribution in [0.25, 0.3) is 10.9 Å². The number of benzene rings is 1. The molecule has 29 heavy (non-hydrogen) atoms. The Labute approximate surface area is 179 Å². The molecule has 0 atom stereocenters. The summed E-state index contributed by atoms with van der Waals surface area (Å²) >= 11 is 7.24. The second-order valence-electron chi connectivity index (χ2n) is 7.21. The van der Waals surface area contributed by atoms with Crippen molar-refractivity contribution >= 4 is 40.2 Å². The summed E-state index contributed by atoms with van der Waals surface area (Å²) in [4.78, 5) is 31.8. The number of nitriles is 1. The van der Waals surface area contributed by atoms with E-state index in [0.717, 1.165) is 19.3 Å². The zero-order valence-electron chi connectivity index (χ0n) is 16.4. The van der Waals surface area contributed by atoms with Crippen LogP contribution in [0, 0.1) is 11.3 Å². The zero-order chi connectivity index (χ0) is 21.0. The van der Waals surface area contributed by atoms with Crippen molar-refractivity contribution in [2.75, 3.05) is 12.8 Å². The second-order valence-corrected chi connectivity index (χ2v) is 8.58. The number of rotatable bonds is 6. The maximum Gasteiger partial charge on any atom is 0.262 e. The standard InChI is InChI=1S/C21H23ClN4O2S/c1-3-11-26-19(28)16-8-7-15(22)12-17(16)24-20(26)29-13-18(27)25(2)21(14-23)9-5-4-6-10-21/h3,7-8,12H,1,4-6,9-11,13H2,2H3. The zero-order valence-corrected chi connectivity index (χ0v) is 17.9. The van der Waals surface area contributed by atoms with Gasteiger partial charge in [-0.25, -0.2) is 4.98 Å². The van der Waals surface area contributed by atoms with E-state index in [4.69, 9.17) is 11.6 Å². The molecule has 1 aliphatic carbocycles. The van der Waals surface area contributed by atoms with E-state index in [-0.39, 0.29) is 17.2 Å². The summed E-state index contributed by atoms with van der Waals surface area (Å²) in [7, 11) is 1.70. The minimum atomic E-state index is -0.735. The highest BCUT2D eigenvalue weighted by molar-refractivity contribution is 7.99.